The van der Waals surface area contributed by atoms with E-state index in [1.165, 1.54) is 16.7 Å². The van der Waals surface area contributed by atoms with Gasteiger partial charge in [0.15, 0.2) is 0 Å². The molecule has 1 nitrogen and oxygen atoms in total. The van der Waals surface area contributed by atoms with Crippen LogP contribution in [0.25, 0.3) is 0 Å². The molecule has 0 saturated heterocycles. The zero-order chi connectivity index (χ0) is 9.68. The summed E-state index contributed by atoms with van der Waals surface area (Å²) in [5, 5.41) is 8.67. The third kappa shape index (κ3) is 2.85. The Balaban J connectivity index is 2.61. The summed E-state index contributed by atoms with van der Waals surface area (Å²) in [4.78, 5) is 0. The smallest absolute Gasteiger partial charge is 0.0431 e. The number of rotatable bonds is 4. The van der Waals surface area contributed by atoms with Crippen molar-refractivity contribution in [3.8, 4) is 0 Å². The van der Waals surface area contributed by atoms with E-state index in [1.807, 2.05) is 0 Å². The fraction of sp³-hybridized carbons (Fsp3) is 0.500. The van der Waals surface area contributed by atoms with Crippen molar-refractivity contribution in [3.05, 3.63) is 34.9 Å². The largest absolute Gasteiger partial charge is 0.396 e. The molecular weight excluding hydrogens is 160 g/mol. The summed E-state index contributed by atoms with van der Waals surface area (Å²) in [6.45, 7) is 4.62. The topological polar surface area (TPSA) is 20.2 Å². The lowest BCUT2D eigenvalue weighted by Crippen LogP contribution is -1.93. The number of aryl methyl sites for hydroxylation is 2. The molecule has 72 valence electrons. The average molecular weight is 178 g/mol. The van der Waals surface area contributed by atoms with Gasteiger partial charge in [-0.25, -0.2) is 0 Å². The van der Waals surface area contributed by atoms with Gasteiger partial charge in [0.2, 0.25) is 0 Å². The molecule has 0 heterocycles. The van der Waals surface area contributed by atoms with Crippen LogP contribution in [0.2, 0.25) is 0 Å². The van der Waals surface area contributed by atoms with Crippen molar-refractivity contribution in [2.24, 2.45) is 0 Å². The van der Waals surface area contributed by atoms with Gasteiger partial charge in [-0.2, -0.15) is 0 Å². The van der Waals surface area contributed by atoms with Gasteiger partial charge in [0.05, 0.1) is 0 Å². The summed E-state index contributed by atoms with van der Waals surface area (Å²) in [7, 11) is 0. The number of hydrogen-bond acceptors (Lipinski definition) is 1. The molecule has 1 aromatic carbocycles. The van der Waals surface area contributed by atoms with Gasteiger partial charge < -0.3 is 5.11 Å². The monoisotopic (exact) mass is 178 g/mol. The van der Waals surface area contributed by atoms with E-state index in [4.69, 9.17) is 5.11 Å². The zero-order valence-electron chi connectivity index (χ0n) is 8.51. The molecule has 13 heavy (non-hydrogen) atoms. The molecule has 0 unspecified atom stereocenters. The first-order valence-electron chi connectivity index (χ1n) is 4.91. The van der Waals surface area contributed by atoms with Gasteiger partial charge in [0.1, 0.15) is 0 Å². The molecule has 0 bridgehead atoms. The molecule has 0 aliphatic heterocycles. The van der Waals surface area contributed by atoms with Crippen LogP contribution in [-0.2, 0) is 6.42 Å². The number of benzene rings is 1. The Labute approximate surface area is 80.4 Å². The fourth-order valence-corrected chi connectivity index (χ4v) is 1.51. The standard InChI is InChI=1S/C12H18O/c1-10-6-5-8-12(11(10)2)7-3-4-9-13/h5-6,8,13H,3-4,7,9H2,1-2H3. The first-order valence-corrected chi connectivity index (χ1v) is 4.91. The molecule has 0 atom stereocenters. The second-order valence-corrected chi connectivity index (χ2v) is 3.54. The summed E-state index contributed by atoms with van der Waals surface area (Å²) >= 11 is 0. The molecule has 0 aliphatic rings. The van der Waals surface area contributed by atoms with Gasteiger partial charge in [0.25, 0.3) is 0 Å². The molecule has 0 saturated carbocycles. The SMILES string of the molecule is Cc1cccc(CCCCO)c1C. The van der Waals surface area contributed by atoms with Gasteiger partial charge in [-0.05, 0) is 49.8 Å². The first kappa shape index (κ1) is 10.3. The molecule has 0 radical (unpaired) electrons. The van der Waals surface area contributed by atoms with Crippen LogP contribution < -0.4 is 0 Å². The fourth-order valence-electron chi connectivity index (χ4n) is 1.51. The highest BCUT2D eigenvalue weighted by molar-refractivity contribution is 5.33. The summed E-state index contributed by atoms with van der Waals surface area (Å²) in [6, 6.07) is 6.43. The van der Waals surface area contributed by atoms with Crippen LogP contribution >= 0.6 is 0 Å². The van der Waals surface area contributed by atoms with E-state index < -0.39 is 0 Å². The Morgan fingerprint density at radius 3 is 2.62 bits per heavy atom. The van der Waals surface area contributed by atoms with Crippen molar-refractivity contribution in [2.75, 3.05) is 6.61 Å². The second-order valence-electron chi connectivity index (χ2n) is 3.54. The number of aliphatic hydroxyl groups is 1. The van der Waals surface area contributed by atoms with Gasteiger partial charge in [-0.1, -0.05) is 18.2 Å². The van der Waals surface area contributed by atoms with Gasteiger partial charge in [0, 0.05) is 6.61 Å². The second kappa shape index (κ2) is 5.03. The van der Waals surface area contributed by atoms with Crippen LogP contribution in [-0.4, -0.2) is 11.7 Å². The summed E-state index contributed by atoms with van der Waals surface area (Å²) < 4.78 is 0. The molecule has 0 aromatic heterocycles. The highest BCUT2D eigenvalue weighted by Crippen LogP contribution is 2.14. The lowest BCUT2D eigenvalue weighted by molar-refractivity contribution is 0.284. The van der Waals surface area contributed by atoms with E-state index in [0.717, 1.165) is 19.3 Å². The molecule has 0 aliphatic carbocycles. The maximum absolute atomic E-state index is 8.67. The van der Waals surface area contributed by atoms with Crippen molar-refractivity contribution in [2.45, 2.75) is 33.1 Å². The molecular formula is C12H18O. The molecule has 0 spiro atoms. The van der Waals surface area contributed by atoms with Crippen molar-refractivity contribution in [3.63, 3.8) is 0 Å². The van der Waals surface area contributed by atoms with E-state index in [9.17, 15) is 0 Å². The van der Waals surface area contributed by atoms with Crippen LogP contribution in [0.15, 0.2) is 18.2 Å². The third-order valence-electron chi connectivity index (χ3n) is 2.57. The van der Waals surface area contributed by atoms with Crippen molar-refractivity contribution < 1.29 is 5.11 Å². The Hall–Kier alpha value is -0.820. The Kier molecular flexibility index (Phi) is 3.97. The Morgan fingerprint density at radius 1 is 1.15 bits per heavy atom. The van der Waals surface area contributed by atoms with E-state index in [2.05, 4.69) is 32.0 Å². The lowest BCUT2D eigenvalue weighted by atomic mass is 9.99. The first-order chi connectivity index (χ1) is 6.25. The molecule has 1 rings (SSSR count). The van der Waals surface area contributed by atoms with Crippen LogP contribution in [0.4, 0.5) is 0 Å². The Bertz CT molecular complexity index is 266. The molecule has 1 N–H and O–H groups in total. The highest BCUT2D eigenvalue weighted by Gasteiger charge is 1.99. The molecule has 1 aromatic rings. The predicted octanol–water partition coefficient (Wildman–Crippen LogP) is 2.62. The quantitative estimate of drug-likeness (QED) is 0.703. The van der Waals surface area contributed by atoms with Crippen LogP contribution in [0.5, 0.6) is 0 Å². The van der Waals surface area contributed by atoms with E-state index in [-0.39, 0.29) is 0 Å². The summed E-state index contributed by atoms with van der Waals surface area (Å²) in [5.74, 6) is 0. The normalized spacial score (nSPS) is 10.4. The molecule has 1 heteroatoms. The predicted molar refractivity (Wildman–Crippen MR) is 55.9 cm³/mol. The third-order valence-corrected chi connectivity index (χ3v) is 2.57. The van der Waals surface area contributed by atoms with Crippen molar-refractivity contribution >= 4 is 0 Å². The van der Waals surface area contributed by atoms with Crippen molar-refractivity contribution in [1.82, 2.24) is 0 Å². The molecule has 0 amide bonds. The molecule has 0 fully saturated rings. The van der Waals surface area contributed by atoms with Gasteiger partial charge in [-0.3, -0.25) is 0 Å². The minimum atomic E-state index is 0.310. The summed E-state index contributed by atoms with van der Waals surface area (Å²) in [6.07, 6.45) is 3.09. The minimum absolute atomic E-state index is 0.310. The van der Waals surface area contributed by atoms with Gasteiger partial charge >= 0.3 is 0 Å². The lowest BCUT2D eigenvalue weighted by Gasteiger charge is -2.07. The highest BCUT2D eigenvalue weighted by atomic mass is 16.2. The van der Waals surface area contributed by atoms with E-state index in [1.54, 1.807) is 0 Å². The zero-order valence-corrected chi connectivity index (χ0v) is 8.51. The maximum Gasteiger partial charge on any atom is 0.0431 e. The number of unbranched alkanes of at least 4 members (excludes halogenated alkanes) is 1. The van der Waals surface area contributed by atoms with Gasteiger partial charge in [-0.15, -0.1) is 0 Å². The van der Waals surface area contributed by atoms with E-state index >= 15 is 0 Å². The van der Waals surface area contributed by atoms with Crippen LogP contribution in [0, 0.1) is 13.8 Å². The van der Waals surface area contributed by atoms with Crippen LogP contribution in [0.1, 0.15) is 29.5 Å². The van der Waals surface area contributed by atoms with Crippen molar-refractivity contribution in [1.29, 1.82) is 0 Å². The average Bonchev–Trinajstić information content (AvgIpc) is 2.13. The summed E-state index contributed by atoms with van der Waals surface area (Å²) in [5.41, 5.74) is 4.19. The number of aliphatic hydroxyl groups excluding tert-OH is 1. The minimum Gasteiger partial charge on any atom is -0.396 e. The van der Waals surface area contributed by atoms with E-state index in [0.29, 0.717) is 6.61 Å². The maximum atomic E-state index is 8.67. The Morgan fingerprint density at radius 2 is 1.92 bits per heavy atom. The van der Waals surface area contributed by atoms with Crippen LogP contribution in [0.3, 0.4) is 0 Å². The number of hydrogen-bond donors (Lipinski definition) is 1.